The Kier molecular flexibility index (Phi) is 4.18. The molecule has 4 nitrogen and oxygen atoms in total. The van der Waals surface area contributed by atoms with Gasteiger partial charge in [-0.3, -0.25) is 4.79 Å². The molecular formula is C9H17NO3. The molecule has 0 aromatic carbocycles. The van der Waals surface area contributed by atoms with Crippen LogP contribution in [0.3, 0.4) is 0 Å². The first kappa shape index (κ1) is 10.5. The number of nitrogens with two attached hydrogens (primary N) is 1. The van der Waals surface area contributed by atoms with Crippen molar-refractivity contribution in [3.8, 4) is 0 Å². The fourth-order valence-electron chi connectivity index (χ4n) is 1.56. The van der Waals surface area contributed by atoms with Crippen molar-refractivity contribution in [3.05, 3.63) is 0 Å². The monoisotopic (exact) mass is 187 g/mol. The van der Waals surface area contributed by atoms with Gasteiger partial charge in [-0.15, -0.1) is 0 Å². The third-order valence-electron chi connectivity index (χ3n) is 2.49. The zero-order valence-electron chi connectivity index (χ0n) is 7.99. The van der Waals surface area contributed by atoms with E-state index in [1.807, 2.05) is 0 Å². The van der Waals surface area contributed by atoms with Gasteiger partial charge in [0, 0.05) is 25.7 Å². The van der Waals surface area contributed by atoms with Crippen LogP contribution >= 0.6 is 0 Å². The summed E-state index contributed by atoms with van der Waals surface area (Å²) in [6.07, 6.45) is 2.11. The Morgan fingerprint density at radius 2 is 2.23 bits per heavy atom. The number of hydrogen-bond donors (Lipinski definition) is 1. The normalized spacial score (nSPS) is 29.4. The molecule has 0 aromatic heterocycles. The minimum atomic E-state index is -0.178. The largest absolute Gasteiger partial charge is 0.469 e. The molecule has 0 aliphatic carbocycles. The van der Waals surface area contributed by atoms with Crippen LogP contribution in [-0.2, 0) is 14.3 Å². The van der Waals surface area contributed by atoms with Gasteiger partial charge in [0.15, 0.2) is 0 Å². The first-order chi connectivity index (χ1) is 6.24. The summed E-state index contributed by atoms with van der Waals surface area (Å²) in [6.45, 7) is 1.41. The number of esters is 1. The molecule has 0 aromatic rings. The van der Waals surface area contributed by atoms with Gasteiger partial charge in [0.05, 0.1) is 7.11 Å². The van der Waals surface area contributed by atoms with Crippen LogP contribution in [0.1, 0.15) is 19.3 Å². The molecule has 1 heterocycles. The zero-order valence-corrected chi connectivity index (χ0v) is 7.99. The van der Waals surface area contributed by atoms with E-state index in [-0.39, 0.29) is 17.9 Å². The van der Waals surface area contributed by atoms with Crippen molar-refractivity contribution in [1.29, 1.82) is 0 Å². The number of carbonyl (C=O) groups excluding carboxylic acids is 1. The van der Waals surface area contributed by atoms with Gasteiger partial charge in [0.1, 0.15) is 0 Å². The van der Waals surface area contributed by atoms with Crippen LogP contribution in [0.15, 0.2) is 0 Å². The van der Waals surface area contributed by atoms with E-state index in [2.05, 4.69) is 4.74 Å². The third-order valence-corrected chi connectivity index (χ3v) is 2.49. The molecule has 76 valence electrons. The molecule has 1 saturated heterocycles. The van der Waals surface area contributed by atoms with Crippen LogP contribution in [0, 0.1) is 5.92 Å². The summed E-state index contributed by atoms with van der Waals surface area (Å²) in [5.74, 6) is 0.0392. The third kappa shape index (κ3) is 3.32. The van der Waals surface area contributed by atoms with Gasteiger partial charge >= 0.3 is 5.97 Å². The lowest BCUT2D eigenvalue weighted by Gasteiger charge is -2.18. The molecule has 2 atom stereocenters. The number of rotatable bonds is 2. The van der Waals surface area contributed by atoms with Crippen molar-refractivity contribution >= 4 is 5.97 Å². The van der Waals surface area contributed by atoms with Crippen LogP contribution in [0.2, 0.25) is 0 Å². The van der Waals surface area contributed by atoms with Crippen molar-refractivity contribution in [3.63, 3.8) is 0 Å². The highest BCUT2D eigenvalue weighted by Crippen LogP contribution is 2.18. The second kappa shape index (κ2) is 5.19. The first-order valence-electron chi connectivity index (χ1n) is 4.64. The molecule has 0 amide bonds. The molecule has 1 aliphatic rings. The molecule has 0 bridgehead atoms. The lowest BCUT2D eigenvalue weighted by atomic mass is 9.92. The van der Waals surface area contributed by atoms with E-state index in [4.69, 9.17) is 10.5 Å². The lowest BCUT2D eigenvalue weighted by molar-refractivity contribution is -0.141. The minimum absolute atomic E-state index is 0.0709. The predicted molar refractivity (Wildman–Crippen MR) is 48.2 cm³/mol. The smallest absolute Gasteiger partial charge is 0.305 e. The molecule has 4 heteroatoms. The minimum Gasteiger partial charge on any atom is -0.469 e. The Balaban J connectivity index is 2.40. The number of carbonyl (C=O) groups is 1. The maximum atomic E-state index is 11.0. The topological polar surface area (TPSA) is 61.5 Å². The van der Waals surface area contributed by atoms with Crippen molar-refractivity contribution in [1.82, 2.24) is 0 Å². The fraction of sp³-hybridized carbons (Fsp3) is 0.889. The fourth-order valence-corrected chi connectivity index (χ4v) is 1.56. The van der Waals surface area contributed by atoms with E-state index < -0.39 is 0 Å². The second-order valence-electron chi connectivity index (χ2n) is 3.39. The SMILES string of the molecule is COC(=O)C[C@H]1CCOCC[C@H]1N. The highest BCUT2D eigenvalue weighted by atomic mass is 16.5. The number of hydrogen-bond acceptors (Lipinski definition) is 4. The summed E-state index contributed by atoms with van der Waals surface area (Å²) in [4.78, 5) is 11.0. The lowest BCUT2D eigenvalue weighted by Crippen LogP contribution is -2.31. The average Bonchev–Trinajstić information content (AvgIpc) is 2.32. The van der Waals surface area contributed by atoms with Gasteiger partial charge in [0.2, 0.25) is 0 Å². The van der Waals surface area contributed by atoms with E-state index in [0.717, 1.165) is 12.8 Å². The van der Waals surface area contributed by atoms with Crippen LogP contribution in [0.25, 0.3) is 0 Å². The summed E-state index contributed by atoms with van der Waals surface area (Å²) in [7, 11) is 1.40. The van der Waals surface area contributed by atoms with Gasteiger partial charge in [-0.1, -0.05) is 0 Å². The Labute approximate surface area is 78.4 Å². The number of methoxy groups -OCH3 is 1. The second-order valence-corrected chi connectivity index (χ2v) is 3.39. The predicted octanol–water partition coefficient (Wildman–Crippen LogP) is 0.303. The van der Waals surface area contributed by atoms with E-state index in [1.54, 1.807) is 0 Å². The van der Waals surface area contributed by atoms with Gasteiger partial charge in [-0.05, 0) is 18.8 Å². The molecule has 1 fully saturated rings. The van der Waals surface area contributed by atoms with Crippen LogP contribution in [-0.4, -0.2) is 32.3 Å². The average molecular weight is 187 g/mol. The van der Waals surface area contributed by atoms with Crippen molar-refractivity contribution in [2.24, 2.45) is 11.7 Å². The molecule has 1 aliphatic heterocycles. The molecule has 0 saturated carbocycles. The van der Waals surface area contributed by atoms with Gasteiger partial charge in [0.25, 0.3) is 0 Å². The van der Waals surface area contributed by atoms with Gasteiger partial charge in [-0.25, -0.2) is 0 Å². The van der Waals surface area contributed by atoms with Crippen molar-refractivity contribution < 1.29 is 14.3 Å². The van der Waals surface area contributed by atoms with E-state index in [9.17, 15) is 4.79 Å². The molecule has 2 N–H and O–H groups in total. The molecule has 0 radical (unpaired) electrons. The standard InChI is InChI=1S/C9H17NO3/c1-12-9(11)6-7-2-4-13-5-3-8(7)10/h7-8H,2-6,10H2,1H3/t7-,8-/m1/s1. The summed E-state index contributed by atoms with van der Waals surface area (Å²) in [6, 6.07) is 0.0709. The number of ether oxygens (including phenoxy) is 2. The highest BCUT2D eigenvalue weighted by molar-refractivity contribution is 5.69. The quantitative estimate of drug-likeness (QED) is 0.632. The molecule has 13 heavy (non-hydrogen) atoms. The van der Waals surface area contributed by atoms with Gasteiger partial charge in [-0.2, -0.15) is 0 Å². The van der Waals surface area contributed by atoms with E-state index >= 15 is 0 Å². The van der Waals surface area contributed by atoms with E-state index in [0.29, 0.717) is 19.6 Å². The molecule has 1 rings (SSSR count). The summed E-state index contributed by atoms with van der Waals surface area (Å²) >= 11 is 0. The molecule has 0 unspecified atom stereocenters. The molecule has 0 spiro atoms. The van der Waals surface area contributed by atoms with Gasteiger partial charge < -0.3 is 15.2 Å². The van der Waals surface area contributed by atoms with Crippen molar-refractivity contribution in [2.45, 2.75) is 25.3 Å². The maximum absolute atomic E-state index is 11.0. The van der Waals surface area contributed by atoms with Crippen LogP contribution in [0.4, 0.5) is 0 Å². The van der Waals surface area contributed by atoms with Crippen LogP contribution < -0.4 is 5.73 Å². The maximum Gasteiger partial charge on any atom is 0.305 e. The summed E-state index contributed by atoms with van der Waals surface area (Å²) in [5.41, 5.74) is 5.89. The van der Waals surface area contributed by atoms with Crippen molar-refractivity contribution in [2.75, 3.05) is 20.3 Å². The highest BCUT2D eigenvalue weighted by Gasteiger charge is 2.23. The zero-order chi connectivity index (χ0) is 9.68. The Morgan fingerprint density at radius 3 is 2.92 bits per heavy atom. The van der Waals surface area contributed by atoms with Crippen LogP contribution in [0.5, 0.6) is 0 Å². The Bertz CT molecular complexity index is 172. The Hall–Kier alpha value is -0.610. The molecular weight excluding hydrogens is 170 g/mol. The summed E-state index contributed by atoms with van der Waals surface area (Å²) in [5, 5.41) is 0. The summed E-state index contributed by atoms with van der Waals surface area (Å²) < 4.78 is 9.89. The van der Waals surface area contributed by atoms with E-state index in [1.165, 1.54) is 7.11 Å². The Morgan fingerprint density at radius 1 is 1.54 bits per heavy atom. The first-order valence-corrected chi connectivity index (χ1v) is 4.64.